The summed E-state index contributed by atoms with van der Waals surface area (Å²) in [7, 11) is 4.09. The van der Waals surface area contributed by atoms with Crippen LogP contribution >= 0.6 is 23.8 Å². The minimum atomic E-state index is 0.0316. The highest BCUT2D eigenvalue weighted by Gasteiger charge is 2.21. The Labute approximate surface area is 154 Å². The number of rotatable bonds is 6. The molecule has 0 aliphatic heterocycles. The predicted molar refractivity (Wildman–Crippen MR) is 105 cm³/mol. The summed E-state index contributed by atoms with van der Waals surface area (Å²) >= 11 is 12.0. The molecule has 0 spiro atoms. The van der Waals surface area contributed by atoms with Gasteiger partial charge in [0.25, 0.3) is 0 Å². The third-order valence-electron chi connectivity index (χ3n) is 3.84. The van der Waals surface area contributed by atoms with Crippen molar-refractivity contribution in [1.82, 2.24) is 9.80 Å². The van der Waals surface area contributed by atoms with Gasteiger partial charge in [-0.05, 0) is 70.0 Å². The summed E-state index contributed by atoms with van der Waals surface area (Å²) in [6.45, 7) is 5.76. The summed E-state index contributed by atoms with van der Waals surface area (Å²) in [4.78, 5) is 4.24. The molecule has 0 saturated carbocycles. The molecule has 0 aliphatic rings. The highest BCUT2D eigenvalue weighted by molar-refractivity contribution is 7.80. The quantitative estimate of drug-likeness (QED) is 0.758. The fourth-order valence-corrected chi connectivity index (χ4v) is 3.01. The second-order valence-electron chi connectivity index (χ2n) is 6.10. The van der Waals surface area contributed by atoms with Crippen LogP contribution in [-0.4, -0.2) is 42.1 Å². The van der Waals surface area contributed by atoms with Crippen molar-refractivity contribution in [3.05, 3.63) is 52.9 Å². The zero-order valence-corrected chi connectivity index (χ0v) is 16.1. The highest BCUT2D eigenvalue weighted by Crippen LogP contribution is 2.25. The Bertz CT molecular complexity index is 673. The van der Waals surface area contributed by atoms with Crippen molar-refractivity contribution in [3.63, 3.8) is 0 Å². The molecule has 1 heterocycles. The summed E-state index contributed by atoms with van der Waals surface area (Å²) in [5.41, 5.74) is 1.93. The van der Waals surface area contributed by atoms with Crippen molar-refractivity contribution in [2.24, 2.45) is 0 Å². The molecule has 0 amide bonds. The van der Waals surface area contributed by atoms with Crippen molar-refractivity contribution in [3.8, 4) is 0 Å². The number of thiocarbonyl (C=S) groups is 1. The molecule has 1 aromatic carbocycles. The molecule has 2 aromatic rings. The number of halogens is 1. The van der Waals surface area contributed by atoms with Gasteiger partial charge in [-0.2, -0.15) is 0 Å². The van der Waals surface area contributed by atoms with Gasteiger partial charge in [-0.15, -0.1) is 0 Å². The zero-order chi connectivity index (χ0) is 17.7. The van der Waals surface area contributed by atoms with E-state index in [4.69, 9.17) is 28.2 Å². The number of anilines is 1. The average Bonchev–Trinajstić information content (AvgIpc) is 3.04. The van der Waals surface area contributed by atoms with Crippen molar-refractivity contribution < 1.29 is 4.42 Å². The van der Waals surface area contributed by atoms with E-state index in [-0.39, 0.29) is 6.04 Å². The van der Waals surface area contributed by atoms with E-state index in [0.717, 1.165) is 30.1 Å². The first-order valence-corrected chi connectivity index (χ1v) is 8.69. The Hall–Kier alpha value is -1.56. The molecule has 0 saturated heterocycles. The average molecular weight is 366 g/mol. The molecule has 1 atom stereocenters. The number of furan rings is 1. The maximum absolute atomic E-state index is 6.32. The molecule has 1 unspecified atom stereocenters. The van der Waals surface area contributed by atoms with E-state index in [1.165, 1.54) is 0 Å². The van der Waals surface area contributed by atoms with E-state index in [1.807, 2.05) is 51.4 Å². The molecule has 0 radical (unpaired) electrons. The smallest absolute Gasteiger partial charge is 0.174 e. The number of hydrogen-bond acceptors (Lipinski definition) is 3. The number of likely N-dealkylation sites (N-methyl/N-ethyl adjacent to an activating group) is 1. The van der Waals surface area contributed by atoms with Gasteiger partial charge in [0, 0.05) is 13.1 Å². The molecule has 0 bridgehead atoms. The summed E-state index contributed by atoms with van der Waals surface area (Å²) in [5, 5.41) is 4.56. The van der Waals surface area contributed by atoms with E-state index in [2.05, 4.69) is 22.0 Å². The Morgan fingerprint density at radius 2 is 2.04 bits per heavy atom. The van der Waals surface area contributed by atoms with Crippen LogP contribution in [0.1, 0.15) is 24.3 Å². The van der Waals surface area contributed by atoms with Gasteiger partial charge < -0.3 is 19.5 Å². The van der Waals surface area contributed by atoms with Gasteiger partial charge in [-0.1, -0.05) is 17.7 Å². The summed E-state index contributed by atoms with van der Waals surface area (Å²) in [6.07, 6.45) is 1.68. The minimum Gasteiger partial charge on any atom is -0.467 e. The number of nitrogens with one attached hydrogen (secondary N) is 1. The Kier molecular flexibility index (Phi) is 6.66. The minimum absolute atomic E-state index is 0.0316. The number of aryl methyl sites for hydroxylation is 1. The molecule has 0 aliphatic carbocycles. The van der Waals surface area contributed by atoms with Crippen LogP contribution in [0, 0.1) is 6.92 Å². The zero-order valence-electron chi connectivity index (χ0n) is 14.5. The van der Waals surface area contributed by atoms with Crippen LogP contribution in [0.3, 0.4) is 0 Å². The first kappa shape index (κ1) is 18.8. The Balaban J connectivity index is 2.17. The first-order valence-electron chi connectivity index (χ1n) is 7.90. The van der Waals surface area contributed by atoms with Crippen molar-refractivity contribution in [2.45, 2.75) is 19.9 Å². The van der Waals surface area contributed by atoms with Crippen LogP contribution in [0.25, 0.3) is 0 Å². The molecule has 2 rings (SSSR count). The first-order chi connectivity index (χ1) is 11.4. The summed E-state index contributed by atoms with van der Waals surface area (Å²) in [5.74, 6) is 0.882. The molecule has 1 N–H and O–H groups in total. The lowest BCUT2D eigenvalue weighted by Crippen LogP contribution is -2.40. The van der Waals surface area contributed by atoms with Crippen LogP contribution in [-0.2, 0) is 0 Å². The molecular formula is C18H24ClN3OS. The Morgan fingerprint density at radius 1 is 1.29 bits per heavy atom. The molecule has 130 valence electrons. The fraction of sp³-hybridized carbons (Fsp3) is 0.389. The lowest BCUT2D eigenvalue weighted by atomic mass is 10.2. The molecule has 6 heteroatoms. The van der Waals surface area contributed by atoms with Gasteiger partial charge in [0.2, 0.25) is 0 Å². The molecule has 24 heavy (non-hydrogen) atoms. The number of nitrogens with zero attached hydrogens (tertiary/aromatic N) is 2. The number of hydrogen-bond donors (Lipinski definition) is 1. The van der Waals surface area contributed by atoms with E-state index in [9.17, 15) is 0 Å². The van der Waals surface area contributed by atoms with E-state index in [1.54, 1.807) is 6.26 Å². The van der Waals surface area contributed by atoms with Crippen molar-refractivity contribution in [1.29, 1.82) is 0 Å². The topological polar surface area (TPSA) is 31.6 Å². The van der Waals surface area contributed by atoms with Gasteiger partial charge in [-0.3, -0.25) is 0 Å². The van der Waals surface area contributed by atoms with Gasteiger partial charge in [0.05, 0.1) is 23.0 Å². The summed E-state index contributed by atoms with van der Waals surface area (Å²) in [6, 6.07) is 9.77. The van der Waals surface area contributed by atoms with Crippen molar-refractivity contribution >= 4 is 34.6 Å². The van der Waals surface area contributed by atoms with Crippen LogP contribution in [0.4, 0.5) is 5.69 Å². The van der Waals surface area contributed by atoms with Crippen LogP contribution in [0.2, 0.25) is 5.02 Å². The van der Waals surface area contributed by atoms with Gasteiger partial charge in [-0.25, -0.2) is 0 Å². The maximum atomic E-state index is 6.32. The second kappa shape index (κ2) is 8.51. The number of benzene rings is 1. The predicted octanol–water partition coefficient (Wildman–Crippen LogP) is 4.56. The SMILES string of the molecule is Cc1ccc(NC(=S)N(CCN(C)C)C(C)c2ccco2)c(Cl)c1. The van der Waals surface area contributed by atoms with E-state index < -0.39 is 0 Å². The third kappa shape index (κ3) is 4.97. The standard InChI is InChI=1S/C18H24ClN3OS/c1-13-7-8-16(15(19)12-13)20-18(24)22(10-9-21(3)4)14(2)17-6-5-11-23-17/h5-8,11-12,14H,9-10H2,1-4H3,(H,20,24). The van der Waals surface area contributed by atoms with Crippen LogP contribution in [0.5, 0.6) is 0 Å². The fourth-order valence-electron chi connectivity index (χ4n) is 2.37. The summed E-state index contributed by atoms with van der Waals surface area (Å²) < 4.78 is 5.55. The molecule has 1 aromatic heterocycles. The van der Waals surface area contributed by atoms with Gasteiger partial charge in [0.15, 0.2) is 5.11 Å². The molecular weight excluding hydrogens is 342 g/mol. The maximum Gasteiger partial charge on any atom is 0.174 e. The highest BCUT2D eigenvalue weighted by atomic mass is 35.5. The molecule has 4 nitrogen and oxygen atoms in total. The lowest BCUT2D eigenvalue weighted by molar-refractivity contribution is 0.263. The van der Waals surface area contributed by atoms with Gasteiger partial charge >= 0.3 is 0 Å². The van der Waals surface area contributed by atoms with Crippen LogP contribution in [0.15, 0.2) is 41.0 Å². The van der Waals surface area contributed by atoms with E-state index >= 15 is 0 Å². The molecule has 0 fully saturated rings. The van der Waals surface area contributed by atoms with E-state index in [0.29, 0.717) is 10.1 Å². The van der Waals surface area contributed by atoms with Crippen molar-refractivity contribution in [2.75, 3.05) is 32.5 Å². The monoisotopic (exact) mass is 365 g/mol. The Morgan fingerprint density at radius 3 is 2.62 bits per heavy atom. The third-order valence-corrected chi connectivity index (χ3v) is 4.49. The van der Waals surface area contributed by atoms with Gasteiger partial charge in [0.1, 0.15) is 5.76 Å². The normalized spacial score (nSPS) is 12.2. The lowest BCUT2D eigenvalue weighted by Gasteiger charge is -2.32. The second-order valence-corrected chi connectivity index (χ2v) is 6.90. The van der Waals surface area contributed by atoms with Crippen LogP contribution < -0.4 is 5.32 Å². The largest absolute Gasteiger partial charge is 0.467 e.